The van der Waals surface area contributed by atoms with E-state index >= 15 is 0 Å². The van der Waals surface area contributed by atoms with Crippen molar-refractivity contribution >= 4 is 17.7 Å². The lowest BCUT2D eigenvalue weighted by Crippen LogP contribution is -2.50. The quantitative estimate of drug-likeness (QED) is 0.131. The second-order valence-electron chi connectivity index (χ2n) is 11.5. The van der Waals surface area contributed by atoms with Gasteiger partial charge in [-0.05, 0) is 63.7 Å². The van der Waals surface area contributed by atoms with Crippen molar-refractivity contribution in [3.8, 4) is 0 Å². The lowest BCUT2D eigenvalue weighted by atomic mass is 9.58. The van der Waals surface area contributed by atoms with Gasteiger partial charge >= 0.3 is 11.9 Å². The van der Waals surface area contributed by atoms with Gasteiger partial charge in [0.15, 0.2) is 0 Å². The fourth-order valence-electron chi connectivity index (χ4n) is 6.76. The number of ether oxygens (including phenoxy) is 2. The highest BCUT2D eigenvalue weighted by atomic mass is 16.5. The molecule has 5 heteroatoms. The average molecular weight is 507 g/mol. The first-order valence-electron chi connectivity index (χ1n) is 15.3. The van der Waals surface area contributed by atoms with E-state index in [9.17, 15) is 14.4 Å². The minimum atomic E-state index is -0.590. The van der Waals surface area contributed by atoms with Crippen molar-refractivity contribution in [2.45, 2.75) is 149 Å². The first kappa shape index (κ1) is 30.8. The molecule has 0 heterocycles. The van der Waals surface area contributed by atoms with Crippen molar-refractivity contribution in [3.05, 3.63) is 0 Å². The zero-order chi connectivity index (χ0) is 26.3. The topological polar surface area (TPSA) is 69.7 Å². The Morgan fingerprint density at radius 3 is 1.44 bits per heavy atom. The van der Waals surface area contributed by atoms with E-state index < -0.39 is 10.8 Å². The Kier molecular flexibility index (Phi) is 14.1. The maximum Gasteiger partial charge on any atom is 0.312 e. The van der Waals surface area contributed by atoms with Crippen molar-refractivity contribution in [2.24, 2.45) is 16.7 Å². The Balaban J connectivity index is 2.23. The Morgan fingerprint density at radius 1 is 0.611 bits per heavy atom. The monoisotopic (exact) mass is 506 g/mol. The molecule has 36 heavy (non-hydrogen) atoms. The molecule has 0 atom stereocenters. The third-order valence-electron chi connectivity index (χ3n) is 8.86. The van der Waals surface area contributed by atoms with E-state index in [0.717, 1.165) is 116 Å². The molecule has 208 valence electrons. The van der Waals surface area contributed by atoms with Crippen molar-refractivity contribution < 1.29 is 23.9 Å². The number of carbonyl (C=O) groups is 3. The van der Waals surface area contributed by atoms with E-state index in [-0.39, 0.29) is 17.9 Å². The first-order valence-corrected chi connectivity index (χ1v) is 15.3. The van der Waals surface area contributed by atoms with Crippen LogP contribution in [-0.2, 0) is 23.9 Å². The molecule has 0 bridgehead atoms. The van der Waals surface area contributed by atoms with Gasteiger partial charge in [-0.3, -0.25) is 14.4 Å². The van der Waals surface area contributed by atoms with Crippen LogP contribution in [0.25, 0.3) is 0 Å². The molecule has 0 aromatic rings. The van der Waals surface area contributed by atoms with Crippen molar-refractivity contribution in [2.75, 3.05) is 13.2 Å². The van der Waals surface area contributed by atoms with E-state index in [4.69, 9.17) is 9.47 Å². The zero-order valence-corrected chi connectivity index (χ0v) is 23.7. The summed E-state index contributed by atoms with van der Waals surface area (Å²) < 4.78 is 11.8. The summed E-state index contributed by atoms with van der Waals surface area (Å²) in [5, 5.41) is 0. The number of hydrogen-bond donors (Lipinski definition) is 0. The summed E-state index contributed by atoms with van der Waals surface area (Å²) in [6, 6.07) is 0. The standard InChI is InChI=1S/C31H54O5/c1-4-7-10-17-26(32)18-11-12-19-27(30(20-13-14-21-30)28(33)35-24-8-5-2)31(22-15-16-23-31)29(34)36-25-9-6-3/h27H,4-25H2,1-3H3. The van der Waals surface area contributed by atoms with Crippen LogP contribution in [0.4, 0.5) is 0 Å². The predicted molar refractivity (Wildman–Crippen MR) is 145 cm³/mol. The number of ketones is 1. The Labute approximate surface area is 220 Å². The molecule has 0 unspecified atom stereocenters. The van der Waals surface area contributed by atoms with Crippen LogP contribution in [0, 0.1) is 16.7 Å². The molecule has 2 aliphatic rings. The number of esters is 2. The molecule has 2 aliphatic carbocycles. The van der Waals surface area contributed by atoms with Gasteiger partial charge < -0.3 is 9.47 Å². The maximum absolute atomic E-state index is 13.7. The summed E-state index contributed by atoms with van der Waals surface area (Å²) >= 11 is 0. The summed E-state index contributed by atoms with van der Waals surface area (Å²) in [6.45, 7) is 7.29. The van der Waals surface area contributed by atoms with Crippen LogP contribution in [0.1, 0.15) is 149 Å². The van der Waals surface area contributed by atoms with Crippen LogP contribution >= 0.6 is 0 Å². The average Bonchev–Trinajstić information content (AvgIpc) is 3.56. The highest BCUT2D eigenvalue weighted by molar-refractivity contribution is 5.82. The van der Waals surface area contributed by atoms with E-state index in [1.165, 1.54) is 0 Å². The van der Waals surface area contributed by atoms with Gasteiger partial charge in [0.25, 0.3) is 0 Å². The third kappa shape index (κ3) is 8.31. The van der Waals surface area contributed by atoms with Gasteiger partial charge in [-0.2, -0.15) is 0 Å². The van der Waals surface area contributed by atoms with E-state index in [1.807, 2.05) is 0 Å². The second-order valence-corrected chi connectivity index (χ2v) is 11.5. The molecule has 2 saturated carbocycles. The molecule has 2 fully saturated rings. The van der Waals surface area contributed by atoms with Gasteiger partial charge in [-0.15, -0.1) is 0 Å². The van der Waals surface area contributed by atoms with Gasteiger partial charge in [0.1, 0.15) is 5.78 Å². The van der Waals surface area contributed by atoms with Gasteiger partial charge in [0.05, 0.1) is 24.0 Å². The minimum absolute atomic E-state index is 0.0616. The normalized spacial score (nSPS) is 18.4. The highest BCUT2D eigenvalue weighted by Crippen LogP contribution is 2.59. The molecule has 5 nitrogen and oxygen atoms in total. The van der Waals surface area contributed by atoms with E-state index in [0.29, 0.717) is 31.8 Å². The zero-order valence-electron chi connectivity index (χ0n) is 23.7. The van der Waals surface area contributed by atoms with Gasteiger partial charge in [0, 0.05) is 12.8 Å². The third-order valence-corrected chi connectivity index (χ3v) is 8.86. The van der Waals surface area contributed by atoms with Crippen molar-refractivity contribution in [3.63, 3.8) is 0 Å². The molecule has 0 aromatic heterocycles. The smallest absolute Gasteiger partial charge is 0.312 e. The van der Waals surface area contributed by atoms with Gasteiger partial charge in [-0.25, -0.2) is 0 Å². The van der Waals surface area contributed by atoms with E-state index in [2.05, 4.69) is 20.8 Å². The lowest BCUT2D eigenvalue weighted by Gasteiger charge is -2.45. The fraction of sp³-hybridized carbons (Fsp3) is 0.903. The Bertz CT molecular complexity index is 616. The molecule has 2 rings (SSSR count). The first-order chi connectivity index (χ1) is 17.5. The molecular weight excluding hydrogens is 452 g/mol. The number of Topliss-reactive ketones (excluding diaryl/α,β-unsaturated/α-hetero) is 1. The fourth-order valence-corrected chi connectivity index (χ4v) is 6.76. The largest absolute Gasteiger partial charge is 0.465 e. The summed E-state index contributed by atoms with van der Waals surface area (Å²) in [5.74, 6) is 0.126. The molecule has 0 N–H and O–H groups in total. The SMILES string of the molecule is CCCCCC(=O)CCCCC(C1(C(=O)OCCCC)CCCC1)C1(C(=O)OCCCC)CCCC1. The van der Waals surface area contributed by atoms with Crippen molar-refractivity contribution in [1.82, 2.24) is 0 Å². The van der Waals surface area contributed by atoms with Gasteiger partial charge in [0.2, 0.25) is 0 Å². The summed E-state index contributed by atoms with van der Waals surface area (Å²) in [5.41, 5.74) is -1.18. The number of hydrogen-bond acceptors (Lipinski definition) is 5. The molecule has 0 aromatic carbocycles. The summed E-state index contributed by atoms with van der Waals surface area (Å²) in [4.78, 5) is 39.8. The summed E-state index contributed by atoms with van der Waals surface area (Å²) in [6.07, 6.45) is 18.0. The maximum atomic E-state index is 13.7. The van der Waals surface area contributed by atoms with Crippen LogP contribution in [0.5, 0.6) is 0 Å². The molecule has 0 amide bonds. The molecule has 0 spiro atoms. The van der Waals surface area contributed by atoms with Crippen LogP contribution < -0.4 is 0 Å². The number of carbonyl (C=O) groups excluding carboxylic acids is 3. The van der Waals surface area contributed by atoms with Crippen LogP contribution in [0.2, 0.25) is 0 Å². The molecule has 0 radical (unpaired) electrons. The second kappa shape index (κ2) is 16.5. The van der Waals surface area contributed by atoms with Crippen LogP contribution in [0.15, 0.2) is 0 Å². The number of unbranched alkanes of at least 4 members (excludes halogenated alkanes) is 5. The predicted octanol–water partition coefficient (Wildman–Crippen LogP) is 8.12. The molecule has 0 aliphatic heterocycles. The van der Waals surface area contributed by atoms with E-state index in [1.54, 1.807) is 0 Å². The Morgan fingerprint density at radius 2 is 1.03 bits per heavy atom. The lowest BCUT2D eigenvalue weighted by molar-refractivity contribution is -0.174. The van der Waals surface area contributed by atoms with Crippen LogP contribution in [-0.4, -0.2) is 30.9 Å². The molecular formula is C31H54O5. The number of rotatable bonds is 19. The Hall–Kier alpha value is -1.39. The van der Waals surface area contributed by atoms with Crippen molar-refractivity contribution in [1.29, 1.82) is 0 Å². The minimum Gasteiger partial charge on any atom is -0.465 e. The van der Waals surface area contributed by atoms with Crippen LogP contribution in [0.3, 0.4) is 0 Å². The van der Waals surface area contributed by atoms with Gasteiger partial charge in [-0.1, -0.05) is 78.6 Å². The summed E-state index contributed by atoms with van der Waals surface area (Å²) in [7, 11) is 0. The molecule has 0 saturated heterocycles. The highest BCUT2D eigenvalue weighted by Gasteiger charge is 2.60.